The predicted octanol–water partition coefficient (Wildman–Crippen LogP) is 5.65. The van der Waals surface area contributed by atoms with Crippen LogP contribution in [-0.4, -0.2) is 42.5 Å². The summed E-state index contributed by atoms with van der Waals surface area (Å²) in [7, 11) is 0. The summed E-state index contributed by atoms with van der Waals surface area (Å²) in [6, 6.07) is 13.5. The molecule has 1 amide bonds. The molecule has 0 N–H and O–H groups in total. The lowest BCUT2D eigenvalue weighted by Crippen LogP contribution is -2.49. The third-order valence-corrected chi connectivity index (χ3v) is 4.83. The van der Waals surface area contributed by atoms with Gasteiger partial charge >= 0.3 is 18.4 Å². The molecule has 0 unspecified atom stereocenters. The minimum absolute atomic E-state index is 0.0230. The van der Waals surface area contributed by atoms with Gasteiger partial charge in [0.2, 0.25) is 0 Å². The van der Waals surface area contributed by atoms with E-state index >= 15 is 0 Å². The van der Waals surface area contributed by atoms with Crippen LogP contribution >= 0.6 is 0 Å². The molecule has 0 bridgehead atoms. The Bertz CT molecular complexity index is 821. The first-order valence-electron chi connectivity index (χ1n) is 8.64. The summed E-state index contributed by atoms with van der Waals surface area (Å²) in [5, 5.41) is 2.08. The number of fused-ring (bicyclic) bond motifs is 1. The SMILES string of the molecule is O=C(OC(C(F)(F)F)C(F)(F)F)N1CCC(c2cccc3ccccc23)CC1. The summed E-state index contributed by atoms with van der Waals surface area (Å²) < 4.78 is 79.1. The highest BCUT2D eigenvalue weighted by atomic mass is 19.4. The fourth-order valence-electron chi connectivity index (χ4n) is 3.47. The Morgan fingerprint density at radius 1 is 0.929 bits per heavy atom. The van der Waals surface area contributed by atoms with E-state index in [9.17, 15) is 31.1 Å². The number of hydrogen-bond acceptors (Lipinski definition) is 2. The Morgan fingerprint density at radius 3 is 2.11 bits per heavy atom. The van der Waals surface area contributed by atoms with Crippen molar-refractivity contribution in [2.75, 3.05) is 13.1 Å². The Morgan fingerprint density at radius 2 is 1.50 bits per heavy atom. The zero-order valence-corrected chi connectivity index (χ0v) is 14.6. The van der Waals surface area contributed by atoms with Crippen molar-refractivity contribution < 1.29 is 35.9 Å². The second kappa shape index (κ2) is 7.52. The van der Waals surface area contributed by atoms with Crippen molar-refractivity contribution in [3.63, 3.8) is 0 Å². The van der Waals surface area contributed by atoms with Gasteiger partial charge in [-0.2, -0.15) is 26.3 Å². The van der Waals surface area contributed by atoms with Gasteiger partial charge in [0.05, 0.1) is 0 Å². The average molecular weight is 405 g/mol. The van der Waals surface area contributed by atoms with Gasteiger partial charge in [-0.05, 0) is 35.1 Å². The molecule has 1 fully saturated rings. The topological polar surface area (TPSA) is 29.5 Å². The van der Waals surface area contributed by atoms with Gasteiger partial charge in [-0.15, -0.1) is 0 Å². The van der Waals surface area contributed by atoms with Crippen LogP contribution in [0.25, 0.3) is 10.8 Å². The number of nitrogens with zero attached hydrogens (tertiary/aromatic N) is 1. The van der Waals surface area contributed by atoms with Crippen LogP contribution in [0.5, 0.6) is 0 Å². The Labute approximate surface area is 156 Å². The molecule has 3 nitrogen and oxygen atoms in total. The van der Waals surface area contributed by atoms with Gasteiger partial charge in [-0.3, -0.25) is 0 Å². The zero-order valence-electron chi connectivity index (χ0n) is 14.6. The maximum Gasteiger partial charge on any atom is 0.434 e. The second-order valence-corrected chi connectivity index (χ2v) is 6.68. The molecule has 152 valence electrons. The van der Waals surface area contributed by atoms with Crippen LogP contribution in [0.15, 0.2) is 42.5 Å². The van der Waals surface area contributed by atoms with Crippen LogP contribution in [0.3, 0.4) is 0 Å². The first kappa shape index (κ1) is 20.3. The summed E-state index contributed by atoms with van der Waals surface area (Å²) in [4.78, 5) is 12.8. The minimum atomic E-state index is -5.71. The smallest absolute Gasteiger partial charge is 0.426 e. The van der Waals surface area contributed by atoms with Gasteiger partial charge in [0.15, 0.2) is 0 Å². The van der Waals surface area contributed by atoms with Gasteiger partial charge in [0.25, 0.3) is 6.10 Å². The average Bonchev–Trinajstić information content (AvgIpc) is 2.64. The minimum Gasteiger partial charge on any atom is -0.426 e. The number of carbonyl (C=O) groups excluding carboxylic acids is 1. The van der Waals surface area contributed by atoms with Crippen molar-refractivity contribution in [3.8, 4) is 0 Å². The van der Waals surface area contributed by atoms with Crippen molar-refractivity contribution in [1.82, 2.24) is 4.90 Å². The van der Waals surface area contributed by atoms with Gasteiger partial charge in [0, 0.05) is 13.1 Å². The van der Waals surface area contributed by atoms with E-state index in [0.717, 1.165) is 21.2 Å². The lowest BCUT2D eigenvalue weighted by atomic mass is 9.86. The van der Waals surface area contributed by atoms with Crippen LogP contribution in [0.4, 0.5) is 31.1 Å². The second-order valence-electron chi connectivity index (χ2n) is 6.68. The van der Waals surface area contributed by atoms with E-state index in [1.807, 2.05) is 42.5 Å². The molecule has 0 atom stereocenters. The highest BCUT2D eigenvalue weighted by Crippen LogP contribution is 2.37. The molecule has 0 saturated carbocycles. The fourth-order valence-corrected chi connectivity index (χ4v) is 3.47. The number of likely N-dealkylation sites (tertiary alicyclic amines) is 1. The zero-order chi connectivity index (χ0) is 20.5. The number of rotatable bonds is 2. The Balaban J connectivity index is 1.67. The molecular formula is C19H17F6NO2. The highest BCUT2D eigenvalue weighted by molar-refractivity contribution is 5.86. The Kier molecular flexibility index (Phi) is 5.45. The van der Waals surface area contributed by atoms with Gasteiger partial charge < -0.3 is 9.64 Å². The lowest BCUT2D eigenvalue weighted by Gasteiger charge is -2.33. The lowest BCUT2D eigenvalue weighted by molar-refractivity contribution is -0.308. The summed E-state index contributed by atoms with van der Waals surface area (Å²) in [6.45, 7) is 0.0459. The van der Waals surface area contributed by atoms with Crippen molar-refractivity contribution in [1.29, 1.82) is 0 Å². The van der Waals surface area contributed by atoms with Crippen molar-refractivity contribution in [3.05, 3.63) is 48.0 Å². The van der Waals surface area contributed by atoms with Gasteiger partial charge in [-0.1, -0.05) is 42.5 Å². The first-order valence-corrected chi connectivity index (χ1v) is 8.64. The van der Waals surface area contributed by atoms with E-state index in [1.54, 1.807) is 0 Å². The van der Waals surface area contributed by atoms with Crippen molar-refractivity contribution in [2.24, 2.45) is 0 Å². The monoisotopic (exact) mass is 405 g/mol. The van der Waals surface area contributed by atoms with Crippen molar-refractivity contribution in [2.45, 2.75) is 37.2 Å². The number of carbonyl (C=O) groups is 1. The fraction of sp³-hybridized carbons (Fsp3) is 0.421. The van der Waals surface area contributed by atoms with Crippen LogP contribution in [0.1, 0.15) is 24.3 Å². The Hall–Kier alpha value is -2.45. The number of hydrogen-bond donors (Lipinski definition) is 0. The third kappa shape index (κ3) is 4.34. The predicted molar refractivity (Wildman–Crippen MR) is 89.9 cm³/mol. The van der Waals surface area contributed by atoms with E-state index < -0.39 is 24.5 Å². The molecule has 2 aromatic rings. The molecule has 9 heteroatoms. The molecule has 1 saturated heterocycles. The highest BCUT2D eigenvalue weighted by Gasteiger charge is 2.60. The van der Waals surface area contributed by atoms with E-state index in [0.29, 0.717) is 12.8 Å². The van der Waals surface area contributed by atoms with Gasteiger partial charge in [-0.25, -0.2) is 4.79 Å². The molecule has 0 spiro atoms. The maximum absolute atomic E-state index is 12.6. The molecule has 0 radical (unpaired) electrons. The molecule has 28 heavy (non-hydrogen) atoms. The molecule has 3 rings (SSSR count). The number of alkyl halides is 6. The number of ether oxygens (including phenoxy) is 1. The summed E-state index contributed by atoms with van der Waals surface area (Å²) in [5.74, 6) is 0.0520. The molecule has 1 aliphatic heterocycles. The van der Waals surface area contributed by atoms with E-state index in [-0.39, 0.29) is 19.0 Å². The summed E-state index contributed by atoms with van der Waals surface area (Å²) in [6.07, 6.45) is -16.3. The van der Waals surface area contributed by atoms with Crippen LogP contribution < -0.4 is 0 Å². The maximum atomic E-state index is 12.6. The number of amides is 1. The van der Waals surface area contributed by atoms with E-state index in [1.165, 1.54) is 0 Å². The number of halogens is 6. The number of benzene rings is 2. The number of piperidine rings is 1. The van der Waals surface area contributed by atoms with E-state index in [4.69, 9.17) is 0 Å². The largest absolute Gasteiger partial charge is 0.434 e. The summed E-state index contributed by atoms with van der Waals surface area (Å²) in [5.41, 5.74) is 1.05. The first-order chi connectivity index (χ1) is 13.1. The summed E-state index contributed by atoms with van der Waals surface area (Å²) >= 11 is 0. The molecule has 2 aromatic carbocycles. The van der Waals surface area contributed by atoms with Crippen LogP contribution in [-0.2, 0) is 4.74 Å². The quantitative estimate of drug-likeness (QED) is 0.605. The molecule has 0 aromatic heterocycles. The van der Waals surface area contributed by atoms with Crippen LogP contribution in [0.2, 0.25) is 0 Å². The van der Waals surface area contributed by atoms with E-state index in [2.05, 4.69) is 4.74 Å². The standard InChI is InChI=1S/C19H17F6NO2/c20-18(21,22)16(19(23,24)25)28-17(27)26-10-8-13(9-11-26)15-7-3-5-12-4-1-2-6-14(12)15/h1-7,13,16H,8-11H2. The van der Waals surface area contributed by atoms with Gasteiger partial charge in [0.1, 0.15) is 0 Å². The molecule has 0 aliphatic carbocycles. The van der Waals surface area contributed by atoms with Crippen molar-refractivity contribution >= 4 is 16.9 Å². The molecule has 1 aliphatic rings. The third-order valence-electron chi connectivity index (χ3n) is 4.83. The van der Waals surface area contributed by atoms with Crippen LogP contribution in [0, 0.1) is 0 Å². The molecular weight excluding hydrogens is 388 g/mol. The molecule has 1 heterocycles. The normalized spacial score (nSPS) is 16.6.